The van der Waals surface area contributed by atoms with Crippen LogP contribution < -0.4 is 0 Å². The summed E-state index contributed by atoms with van der Waals surface area (Å²) < 4.78 is 42.1. The fourth-order valence-corrected chi connectivity index (χ4v) is 2.66. The van der Waals surface area contributed by atoms with E-state index < -0.39 is 18.5 Å². The van der Waals surface area contributed by atoms with Crippen LogP contribution in [-0.2, 0) is 11.2 Å². The van der Waals surface area contributed by atoms with Gasteiger partial charge in [-0.2, -0.15) is 13.2 Å². The third-order valence-electron chi connectivity index (χ3n) is 3.83. The minimum absolute atomic E-state index is 0.0651. The van der Waals surface area contributed by atoms with E-state index >= 15 is 0 Å². The molecule has 1 atom stereocenters. The van der Waals surface area contributed by atoms with Crippen LogP contribution in [0, 0.1) is 5.92 Å². The normalized spacial score (nSPS) is 23.4. The number of piperidine rings is 1. The van der Waals surface area contributed by atoms with Crippen LogP contribution in [0.5, 0.6) is 0 Å². The van der Waals surface area contributed by atoms with Gasteiger partial charge in [0.25, 0.3) is 0 Å². The summed E-state index contributed by atoms with van der Waals surface area (Å²) in [5.41, 5.74) is 0. The van der Waals surface area contributed by atoms with Crippen molar-refractivity contribution in [2.45, 2.75) is 50.7 Å². The van der Waals surface area contributed by atoms with Crippen LogP contribution in [-0.4, -0.2) is 33.7 Å². The van der Waals surface area contributed by atoms with Crippen molar-refractivity contribution < 1.29 is 22.4 Å². The van der Waals surface area contributed by atoms with Gasteiger partial charge >= 0.3 is 6.18 Å². The summed E-state index contributed by atoms with van der Waals surface area (Å²) in [4.78, 5) is 13.9. The first-order valence-electron chi connectivity index (χ1n) is 7.13. The van der Waals surface area contributed by atoms with Crippen molar-refractivity contribution in [1.82, 2.24) is 15.1 Å². The molecule has 0 radical (unpaired) electrons. The van der Waals surface area contributed by atoms with Gasteiger partial charge in [-0.25, -0.2) is 0 Å². The lowest BCUT2D eigenvalue weighted by atomic mass is 10.0. The molecule has 0 spiro atoms. The lowest BCUT2D eigenvalue weighted by Crippen LogP contribution is -2.39. The van der Waals surface area contributed by atoms with Gasteiger partial charge in [0.2, 0.25) is 17.7 Å². The highest BCUT2D eigenvalue weighted by molar-refractivity contribution is 5.81. The van der Waals surface area contributed by atoms with Gasteiger partial charge in [-0.05, 0) is 32.1 Å². The minimum atomic E-state index is -4.38. The number of halogens is 3. The fraction of sp³-hybridized carbons (Fsp3) is 0.769. The average molecular weight is 303 g/mol. The Bertz CT molecular complexity index is 525. The zero-order valence-corrected chi connectivity index (χ0v) is 11.4. The van der Waals surface area contributed by atoms with Crippen molar-refractivity contribution in [2.24, 2.45) is 5.92 Å². The fourth-order valence-electron chi connectivity index (χ4n) is 2.66. The first-order valence-corrected chi connectivity index (χ1v) is 7.13. The molecule has 1 aliphatic carbocycles. The number of carbonyl (C=O) groups is 1. The minimum Gasteiger partial charge on any atom is -0.423 e. The predicted octanol–water partition coefficient (Wildman–Crippen LogP) is 2.64. The number of hydrogen-bond acceptors (Lipinski definition) is 4. The van der Waals surface area contributed by atoms with Crippen molar-refractivity contribution in [2.75, 3.05) is 6.54 Å². The first kappa shape index (κ1) is 14.3. The summed E-state index contributed by atoms with van der Waals surface area (Å²) >= 11 is 0. The number of rotatable bonds is 3. The van der Waals surface area contributed by atoms with E-state index in [-0.39, 0.29) is 23.8 Å². The standard InChI is InChI=1S/C13H16F3N3O2/c14-13(15,16)7-10-17-18-11(21-10)9-3-1-2-6-19(9)12(20)8-4-5-8/h8-9H,1-7H2/t9-/m0/s1. The Balaban J connectivity index is 1.75. The molecule has 2 heterocycles. The van der Waals surface area contributed by atoms with Crippen molar-refractivity contribution in [3.05, 3.63) is 11.8 Å². The highest BCUT2D eigenvalue weighted by atomic mass is 19.4. The second-order valence-corrected chi connectivity index (χ2v) is 5.64. The number of carbonyl (C=O) groups excluding carboxylic acids is 1. The SMILES string of the molecule is O=C(C1CC1)N1CCCC[C@H]1c1nnc(CC(F)(F)F)o1. The van der Waals surface area contributed by atoms with E-state index in [4.69, 9.17) is 4.42 Å². The summed E-state index contributed by atoms with van der Waals surface area (Å²) in [5.74, 6) is -0.178. The van der Waals surface area contributed by atoms with Gasteiger partial charge in [0.1, 0.15) is 12.5 Å². The Morgan fingerprint density at radius 1 is 1.24 bits per heavy atom. The third kappa shape index (κ3) is 3.36. The number of hydrogen-bond donors (Lipinski definition) is 0. The van der Waals surface area contributed by atoms with Crippen molar-refractivity contribution in [3.8, 4) is 0 Å². The van der Waals surface area contributed by atoms with Crippen LogP contribution in [0.2, 0.25) is 0 Å². The van der Waals surface area contributed by atoms with Gasteiger partial charge in [-0.3, -0.25) is 4.79 Å². The smallest absolute Gasteiger partial charge is 0.397 e. The zero-order valence-electron chi connectivity index (χ0n) is 11.4. The van der Waals surface area contributed by atoms with Gasteiger partial charge in [-0.15, -0.1) is 10.2 Å². The molecular formula is C13H16F3N3O2. The Morgan fingerprint density at radius 3 is 2.67 bits per heavy atom. The van der Waals surface area contributed by atoms with Crippen LogP contribution in [0.3, 0.4) is 0 Å². The van der Waals surface area contributed by atoms with Crippen molar-refractivity contribution >= 4 is 5.91 Å². The van der Waals surface area contributed by atoms with E-state index in [1.54, 1.807) is 4.90 Å². The molecule has 0 bridgehead atoms. The molecule has 1 aromatic heterocycles. The molecule has 21 heavy (non-hydrogen) atoms. The molecule has 1 saturated heterocycles. The maximum absolute atomic E-state index is 12.3. The zero-order chi connectivity index (χ0) is 15.0. The predicted molar refractivity (Wildman–Crippen MR) is 65.1 cm³/mol. The molecular weight excluding hydrogens is 287 g/mol. The molecule has 0 N–H and O–H groups in total. The second-order valence-electron chi connectivity index (χ2n) is 5.64. The summed E-state index contributed by atoms with van der Waals surface area (Å²) in [7, 11) is 0. The number of alkyl halides is 3. The van der Waals surface area contributed by atoms with Gasteiger partial charge in [0.15, 0.2) is 0 Å². The van der Waals surface area contributed by atoms with Gasteiger partial charge in [0.05, 0.1) is 0 Å². The van der Waals surface area contributed by atoms with Crippen LogP contribution in [0.15, 0.2) is 4.42 Å². The summed E-state index contributed by atoms with van der Waals surface area (Å²) in [5, 5.41) is 7.18. The first-order chi connectivity index (χ1) is 9.94. The van der Waals surface area contributed by atoms with Crippen LogP contribution in [0.4, 0.5) is 13.2 Å². The molecule has 1 aromatic rings. The topological polar surface area (TPSA) is 59.2 Å². The molecule has 116 valence electrons. The molecule has 0 unspecified atom stereocenters. The number of aromatic nitrogens is 2. The molecule has 1 amide bonds. The van der Waals surface area contributed by atoms with E-state index in [1.807, 2.05) is 0 Å². The Morgan fingerprint density at radius 2 is 2.00 bits per heavy atom. The van der Waals surface area contributed by atoms with E-state index in [0.29, 0.717) is 13.0 Å². The van der Waals surface area contributed by atoms with Gasteiger partial charge in [0, 0.05) is 12.5 Å². The summed E-state index contributed by atoms with van der Waals surface area (Å²) in [6.07, 6.45) is -1.36. The Hall–Kier alpha value is -1.60. The molecule has 3 rings (SSSR count). The van der Waals surface area contributed by atoms with Crippen LogP contribution in [0.1, 0.15) is 49.9 Å². The average Bonchev–Trinajstić information content (AvgIpc) is 3.17. The molecule has 2 fully saturated rings. The third-order valence-corrected chi connectivity index (χ3v) is 3.83. The summed E-state index contributed by atoms with van der Waals surface area (Å²) in [6.45, 7) is 0.608. The number of nitrogens with zero attached hydrogens (tertiary/aromatic N) is 3. The van der Waals surface area contributed by atoms with E-state index in [0.717, 1.165) is 25.7 Å². The molecule has 2 aliphatic rings. The van der Waals surface area contributed by atoms with E-state index in [1.165, 1.54) is 0 Å². The Labute approximate surface area is 119 Å². The summed E-state index contributed by atoms with van der Waals surface area (Å²) in [6, 6.07) is -0.374. The van der Waals surface area contributed by atoms with Crippen molar-refractivity contribution in [1.29, 1.82) is 0 Å². The van der Waals surface area contributed by atoms with Gasteiger partial charge < -0.3 is 9.32 Å². The molecule has 1 saturated carbocycles. The monoisotopic (exact) mass is 303 g/mol. The maximum Gasteiger partial charge on any atom is 0.397 e. The van der Waals surface area contributed by atoms with E-state index in [9.17, 15) is 18.0 Å². The second kappa shape index (κ2) is 5.31. The molecule has 0 aromatic carbocycles. The Kier molecular flexibility index (Phi) is 3.62. The molecule has 8 heteroatoms. The number of amides is 1. The van der Waals surface area contributed by atoms with E-state index in [2.05, 4.69) is 10.2 Å². The lowest BCUT2D eigenvalue weighted by Gasteiger charge is -2.33. The quantitative estimate of drug-likeness (QED) is 0.861. The number of likely N-dealkylation sites (tertiary alicyclic amines) is 1. The highest BCUT2D eigenvalue weighted by Crippen LogP contribution is 2.37. The lowest BCUT2D eigenvalue weighted by molar-refractivity contribution is -0.137. The van der Waals surface area contributed by atoms with Crippen LogP contribution >= 0.6 is 0 Å². The molecule has 5 nitrogen and oxygen atoms in total. The van der Waals surface area contributed by atoms with Crippen molar-refractivity contribution in [3.63, 3.8) is 0 Å². The maximum atomic E-state index is 12.3. The van der Waals surface area contributed by atoms with Crippen LogP contribution in [0.25, 0.3) is 0 Å². The highest BCUT2D eigenvalue weighted by Gasteiger charge is 2.40. The molecule has 1 aliphatic heterocycles. The van der Waals surface area contributed by atoms with Gasteiger partial charge in [-0.1, -0.05) is 0 Å². The largest absolute Gasteiger partial charge is 0.423 e.